The minimum atomic E-state index is 0.426. The lowest BCUT2D eigenvalue weighted by Gasteiger charge is -2.53. The van der Waals surface area contributed by atoms with Crippen LogP contribution in [0.1, 0.15) is 56.9 Å². The summed E-state index contributed by atoms with van der Waals surface area (Å²) in [6.45, 7) is 8.34. The molecule has 1 aliphatic carbocycles. The van der Waals surface area contributed by atoms with Gasteiger partial charge in [-0.1, -0.05) is 39.2 Å². The Labute approximate surface area is 127 Å². The molecule has 112 valence electrons. The van der Waals surface area contributed by atoms with Gasteiger partial charge in [0.05, 0.1) is 0 Å². The molecule has 1 aromatic heterocycles. The third-order valence-corrected chi connectivity index (χ3v) is 6.12. The Morgan fingerprint density at radius 2 is 2.05 bits per heavy atom. The van der Waals surface area contributed by atoms with Crippen molar-refractivity contribution >= 4 is 11.3 Å². The molecule has 3 heteroatoms. The van der Waals surface area contributed by atoms with Gasteiger partial charge in [-0.15, -0.1) is 11.3 Å². The van der Waals surface area contributed by atoms with E-state index in [0.29, 0.717) is 17.5 Å². The van der Waals surface area contributed by atoms with E-state index in [4.69, 9.17) is 0 Å². The fraction of sp³-hybridized carbons (Fsp3) is 0.765. The molecular weight excluding hydrogens is 264 g/mol. The molecule has 0 bridgehead atoms. The third-order valence-electron chi connectivity index (χ3n) is 5.18. The van der Waals surface area contributed by atoms with Crippen molar-refractivity contribution < 1.29 is 0 Å². The van der Waals surface area contributed by atoms with Gasteiger partial charge >= 0.3 is 0 Å². The molecule has 1 N–H and O–H groups in total. The molecule has 3 rings (SSSR count). The monoisotopic (exact) mass is 292 g/mol. The highest BCUT2D eigenvalue weighted by atomic mass is 32.1. The number of hydrogen-bond acceptors (Lipinski definition) is 3. The summed E-state index contributed by atoms with van der Waals surface area (Å²) in [7, 11) is 0. The van der Waals surface area contributed by atoms with Crippen molar-refractivity contribution in [1.29, 1.82) is 0 Å². The van der Waals surface area contributed by atoms with Gasteiger partial charge in [-0.2, -0.15) is 0 Å². The van der Waals surface area contributed by atoms with Crippen LogP contribution in [0.3, 0.4) is 0 Å². The maximum atomic E-state index is 3.68. The largest absolute Gasteiger partial charge is 0.314 e. The smallest absolute Gasteiger partial charge is 0.0471 e. The first-order valence-corrected chi connectivity index (χ1v) is 9.12. The second-order valence-corrected chi connectivity index (χ2v) is 7.84. The topological polar surface area (TPSA) is 15.3 Å². The summed E-state index contributed by atoms with van der Waals surface area (Å²) < 4.78 is 0. The Balaban J connectivity index is 1.90. The standard InChI is InChI=1S/C17H28N2S/c1-14(2)16(15-7-6-12-20-15)19-11-10-18-13-17(19)8-4-3-5-9-17/h6-7,12,14,16,18H,3-5,8-11,13H2,1-2H3. The summed E-state index contributed by atoms with van der Waals surface area (Å²) in [5.74, 6) is 0.686. The summed E-state index contributed by atoms with van der Waals surface area (Å²) in [5.41, 5.74) is 0.426. The summed E-state index contributed by atoms with van der Waals surface area (Å²) in [6.07, 6.45) is 7.02. The van der Waals surface area contributed by atoms with Crippen molar-refractivity contribution in [3.8, 4) is 0 Å². The van der Waals surface area contributed by atoms with Crippen molar-refractivity contribution in [2.45, 2.75) is 57.5 Å². The van der Waals surface area contributed by atoms with Gasteiger partial charge in [0.1, 0.15) is 0 Å². The Kier molecular flexibility index (Phi) is 4.49. The van der Waals surface area contributed by atoms with Gasteiger partial charge in [0.15, 0.2) is 0 Å². The normalized spacial score (nSPS) is 25.1. The van der Waals surface area contributed by atoms with Crippen LogP contribution < -0.4 is 5.32 Å². The third kappa shape index (κ3) is 2.68. The molecule has 0 aromatic carbocycles. The average molecular weight is 292 g/mol. The van der Waals surface area contributed by atoms with Crippen LogP contribution in [0.5, 0.6) is 0 Å². The predicted molar refractivity (Wildman–Crippen MR) is 87.3 cm³/mol. The molecule has 1 saturated carbocycles. The molecule has 1 unspecified atom stereocenters. The Bertz CT molecular complexity index is 398. The number of piperazine rings is 1. The second kappa shape index (κ2) is 6.17. The molecule has 2 fully saturated rings. The Morgan fingerprint density at radius 3 is 2.70 bits per heavy atom. The number of hydrogen-bond donors (Lipinski definition) is 1. The van der Waals surface area contributed by atoms with Crippen LogP contribution in [0.25, 0.3) is 0 Å². The van der Waals surface area contributed by atoms with E-state index >= 15 is 0 Å². The maximum absolute atomic E-state index is 3.68. The van der Waals surface area contributed by atoms with Crippen molar-refractivity contribution in [3.63, 3.8) is 0 Å². The van der Waals surface area contributed by atoms with E-state index in [-0.39, 0.29) is 0 Å². The molecule has 1 spiro atoms. The van der Waals surface area contributed by atoms with Crippen molar-refractivity contribution in [2.75, 3.05) is 19.6 Å². The molecule has 0 amide bonds. The molecule has 2 nitrogen and oxygen atoms in total. The zero-order valence-corrected chi connectivity index (χ0v) is 13.7. The molecule has 20 heavy (non-hydrogen) atoms. The molecule has 2 aliphatic rings. The second-order valence-electron chi connectivity index (χ2n) is 6.86. The SMILES string of the molecule is CC(C)C(c1cccs1)N1CCNCC12CCCCC2. The summed E-state index contributed by atoms with van der Waals surface area (Å²) in [4.78, 5) is 4.44. The minimum Gasteiger partial charge on any atom is -0.314 e. The lowest BCUT2D eigenvalue weighted by atomic mass is 9.77. The quantitative estimate of drug-likeness (QED) is 0.904. The first kappa shape index (κ1) is 14.6. The van der Waals surface area contributed by atoms with Crippen LogP contribution in [-0.2, 0) is 0 Å². The molecule has 1 atom stereocenters. The van der Waals surface area contributed by atoms with Crippen molar-refractivity contribution in [2.24, 2.45) is 5.92 Å². The number of nitrogens with one attached hydrogen (secondary N) is 1. The van der Waals surface area contributed by atoms with Crippen LogP contribution in [0.2, 0.25) is 0 Å². The van der Waals surface area contributed by atoms with Crippen LogP contribution in [0, 0.1) is 5.92 Å². The summed E-state index contributed by atoms with van der Waals surface area (Å²) >= 11 is 1.94. The van der Waals surface area contributed by atoms with Crippen molar-refractivity contribution in [1.82, 2.24) is 10.2 Å². The van der Waals surface area contributed by atoms with E-state index in [2.05, 4.69) is 41.6 Å². The fourth-order valence-corrected chi connectivity index (χ4v) is 5.28. The lowest BCUT2D eigenvalue weighted by Crippen LogP contribution is -2.63. The lowest BCUT2D eigenvalue weighted by molar-refractivity contribution is -0.0221. The predicted octanol–water partition coefficient (Wildman–Crippen LogP) is 4.05. The molecule has 0 radical (unpaired) electrons. The van der Waals surface area contributed by atoms with E-state index in [1.54, 1.807) is 4.88 Å². The maximum Gasteiger partial charge on any atom is 0.0471 e. The van der Waals surface area contributed by atoms with Crippen LogP contribution in [0.4, 0.5) is 0 Å². The molecule has 1 aromatic rings. The zero-order valence-electron chi connectivity index (χ0n) is 12.9. The Hall–Kier alpha value is -0.380. The molecule has 1 saturated heterocycles. The average Bonchev–Trinajstić information content (AvgIpc) is 2.96. The van der Waals surface area contributed by atoms with Gasteiger partial charge in [0.2, 0.25) is 0 Å². The van der Waals surface area contributed by atoms with Crippen LogP contribution in [-0.4, -0.2) is 30.1 Å². The van der Waals surface area contributed by atoms with Gasteiger partial charge in [-0.3, -0.25) is 4.90 Å². The van der Waals surface area contributed by atoms with Crippen molar-refractivity contribution in [3.05, 3.63) is 22.4 Å². The van der Waals surface area contributed by atoms with Gasteiger partial charge < -0.3 is 5.32 Å². The van der Waals surface area contributed by atoms with E-state index in [1.807, 2.05) is 11.3 Å². The van der Waals surface area contributed by atoms with E-state index < -0.39 is 0 Å². The molecule has 1 aliphatic heterocycles. The molecule has 2 heterocycles. The highest BCUT2D eigenvalue weighted by molar-refractivity contribution is 7.10. The summed E-state index contributed by atoms with van der Waals surface area (Å²) in [6, 6.07) is 5.16. The highest BCUT2D eigenvalue weighted by Crippen LogP contribution is 2.43. The highest BCUT2D eigenvalue weighted by Gasteiger charge is 2.44. The number of rotatable bonds is 3. The van der Waals surface area contributed by atoms with E-state index in [9.17, 15) is 0 Å². The van der Waals surface area contributed by atoms with Crippen LogP contribution >= 0.6 is 11.3 Å². The van der Waals surface area contributed by atoms with Gasteiger partial charge in [0, 0.05) is 36.1 Å². The number of thiophene rings is 1. The van der Waals surface area contributed by atoms with E-state index in [0.717, 1.165) is 6.54 Å². The van der Waals surface area contributed by atoms with Crippen LogP contribution in [0.15, 0.2) is 17.5 Å². The van der Waals surface area contributed by atoms with Gasteiger partial charge in [0.25, 0.3) is 0 Å². The zero-order chi connectivity index (χ0) is 14.0. The summed E-state index contributed by atoms with van der Waals surface area (Å²) in [5, 5.41) is 5.91. The van der Waals surface area contributed by atoms with Gasteiger partial charge in [-0.25, -0.2) is 0 Å². The first-order chi connectivity index (χ1) is 9.73. The van der Waals surface area contributed by atoms with E-state index in [1.165, 1.54) is 45.2 Å². The van der Waals surface area contributed by atoms with Gasteiger partial charge in [-0.05, 0) is 30.2 Å². The Morgan fingerprint density at radius 1 is 1.25 bits per heavy atom. The molecular formula is C17H28N2S. The fourth-order valence-electron chi connectivity index (χ4n) is 4.27. The first-order valence-electron chi connectivity index (χ1n) is 8.24. The minimum absolute atomic E-state index is 0.426. The number of nitrogens with zero attached hydrogens (tertiary/aromatic N) is 1.